The SMILES string of the molecule is c1ccc2c(c1)oc1ccc(-c3c4ccccc4c(-c4ccc(-c5ccc6c(ccc7c6oc6ccc8c9ccccc9oc8c67)c5)cc4)c4ccccc34)cc12. The van der Waals surface area contributed by atoms with Crippen molar-refractivity contribution in [2.45, 2.75) is 0 Å². The van der Waals surface area contributed by atoms with Gasteiger partial charge in [-0.3, -0.25) is 0 Å². The fourth-order valence-corrected chi connectivity index (χ4v) is 9.47. The van der Waals surface area contributed by atoms with Crippen LogP contribution in [0.15, 0.2) is 195 Å². The predicted octanol–water partition coefficient (Wildman–Crippen LogP) is 15.8. The number of furan rings is 3. The van der Waals surface area contributed by atoms with Gasteiger partial charge in [-0.15, -0.1) is 0 Å². The third-order valence-electron chi connectivity index (χ3n) is 12.1. The summed E-state index contributed by atoms with van der Waals surface area (Å²) < 4.78 is 19.2. The van der Waals surface area contributed by atoms with Crippen LogP contribution in [-0.2, 0) is 0 Å². The highest BCUT2D eigenvalue weighted by molar-refractivity contribution is 6.25. The van der Waals surface area contributed by atoms with E-state index in [0.29, 0.717) is 0 Å². The number of benzene rings is 10. The molecule has 0 unspecified atom stereocenters. The minimum Gasteiger partial charge on any atom is -0.456 e. The molecular formula is C54H30O3. The third kappa shape index (κ3) is 4.37. The van der Waals surface area contributed by atoms with E-state index in [1.165, 1.54) is 49.4 Å². The van der Waals surface area contributed by atoms with Crippen LogP contribution in [0.3, 0.4) is 0 Å². The van der Waals surface area contributed by atoms with E-state index in [0.717, 1.165) is 82.2 Å². The number of hydrogen-bond acceptors (Lipinski definition) is 3. The van der Waals surface area contributed by atoms with Gasteiger partial charge in [0.05, 0.1) is 5.39 Å². The van der Waals surface area contributed by atoms with Gasteiger partial charge >= 0.3 is 0 Å². The Kier molecular flexibility index (Phi) is 6.16. The summed E-state index contributed by atoms with van der Waals surface area (Å²) in [7, 11) is 0. The molecule has 3 heteroatoms. The highest BCUT2D eigenvalue weighted by atomic mass is 16.3. The van der Waals surface area contributed by atoms with E-state index in [9.17, 15) is 0 Å². The van der Waals surface area contributed by atoms with Crippen LogP contribution in [-0.4, -0.2) is 0 Å². The first-order chi connectivity index (χ1) is 28.2. The molecule has 0 bridgehead atoms. The summed E-state index contributed by atoms with van der Waals surface area (Å²) in [6.45, 7) is 0. The minimum absolute atomic E-state index is 0.837. The van der Waals surface area contributed by atoms with Gasteiger partial charge < -0.3 is 13.3 Å². The fourth-order valence-electron chi connectivity index (χ4n) is 9.47. The van der Waals surface area contributed by atoms with Gasteiger partial charge in [0, 0.05) is 32.3 Å². The lowest BCUT2D eigenvalue weighted by atomic mass is 9.85. The Labute approximate surface area is 325 Å². The van der Waals surface area contributed by atoms with Crippen LogP contribution in [0.2, 0.25) is 0 Å². The first-order valence-corrected chi connectivity index (χ1v) is 19.4. The molecule has 0 fully saturated rings. The lowest BCUT2D eigenvalue weighted by Gasteiger charge is -2.18. The normalized spacial score (nSPS) is 12.2. The molecule has 0 saturated carbocycles. The molecule has 13 aromatic rings. The summed E-state index contributed by atoms with van der Waals surface area (Å²) in [6, 6.07) is 65.1. The maximum absolute atomic E-state index is 6.55. The Morgan fingerprint density at radius 1 is 0.246 bits per heavy atom. The summed E-state index contributed by atoms with van der Waals surface area (Å²) in [5.74, 6) is 0. The summed E-state index contributed by atoms with van der Waals surface area (Å²) in [5, 5.41) is 13.8. The Balaban J connectivity index is 0.927. The lowest BCUT2D eigenvalue weighted by molar-refractivity contribution is 0.664. The predicted molar refractivity (Wildman–Crippen MR) is 237 cm³/mol. The zero-order valence-corrected chi connectivity index (χ0v) is 30.5. The molecule has 0 aliphatic carbocycles. The molecule has 0 N–H and O–H groups in total. The molecule has 3 aromatic heterocycles. The molecule has 264 valence electrons. The maximum Gasteiger partial charge on any atom is 0.147 e. The first kappa shape index (κ1) is 30.7. The second-order valence-corrected chi connectivity index (χ2v) is 15.1. The van der Waals surface area contributed by atoms with Crippen LogP contribution in [0, 0.1) is 0 Å². The summed E-state index contributed by atoms with van der Waals surface area (Å²) >= 11 is 0. The molecule has 13 rings (SSSR count). The van der Waals surface area contributed by atoms with Crippen molar-refractivity contribution in [1.29, 1.82) is 0 Å². The van der Waals surface area contributed by atoms with Gasteiger partial charge in [0.25, 0.3) is 0 Å². The van der Waals surface area contributed by atoms with Crippen molar-refractivity contribution in [3.05, 3.63) is 182 Å². The molecule has 0 atom stereocenters. The minimum atomic E-state index is 0.837. The third-order valence-corrected chi connectivity index (χ3v) is 12.1. The van der Waals surface area contributed by atoms with E-state index >= 15 is 0 Å². The number of hydrogen-bond donors (Lipinski definition) is 0. The van der Waals surface area contributed by atoms with Crippen molar-refractivity contribution in [2.75, 3.05) is 0 Å². The smallest absolute Gasteiger partial charge is 0.147 e. The zero-order chi connectivity index (χ0) is 37.2. The standard InChI is InChI=1S/C54H30O3/c1-3-13-41-39(11-1)50(40-12-2-4-14-42(40)51(41)35-23-27-48-45(30-35)38-10-6-7-15-46(38)55-48)32-19-17-31(18-20-32)33-21-24-36-34(29-33)22-25-44-52-49(57-53(36)44)28-26-43-37-9-5-8-16-47(37)56-54(43)52/h1-30H. The summed E-state index contributed by atoms with van der Waals surface area (Å²) in [4.78, 5) is 0. The van der Waals surface area contributed by atoms with E-state index < -0.39 is 0 Å². The van der Waals surface area contributed by atoms with Crippen LogP contribution in [0.1, 0.15) is 0 Å². The molecule has 3 heterocycles. The van der Waals surface area contributed by atoms with E-state index in [2.05, 4.69) is 158 Å². The van der Waals surface area contributed by atoms with Crippen molar-refractivity contribution in [2.24, 2.45) is 0 Å². The van der Waals surface area contributed by atoms with Gasteiger partial charge in [0.15, 0.2) is 0 Å². The summed E-state index contributed by atoms with van der Waals surface area (Å²) in [5.41, 5.74) is 12.5. The first-order valence-electron chi connectivity index (χ1n) is 19.4. The van der Waals surface area contributed by atoms with E-state index in [1.54, 1.807) is 0 Å². The Morgan fingerprint density at radius 2 is 0.737 bits per heavy atom. The topological polar surface area (TPSA) is 39.4 Å². The van der Waals surface area contributed by atoms with Crippen LogP contribution < -0.4 is 0 Å². The molecule has 0 aliphatic heterocycles. The number of para-hydroxylation sites is 2. The molecule has 0 spiro atoms. The monoisotopic (exact) mass is 726 g/mol. The second-order valence-electron chi connectivity index (χ2n) is 15.1. The van der Waals surface area contributed by atoms with E-state index in [-0.39, 0.29) is 0 Å². The largest absolute Gasteiger partial charge is 0.456 e. The molecule has 0 saturated heterocycles. The number of fused-ring (bicyclic) bond motifs is 14. The van der Waals surface area contributed by atoms with Crippen molar-refractivity contribution >= 4 is 98.1 Å². The second kappa shape index (κ2) is 11.5. The molecule has 0 radical (unpaired) electrons. The van der Waals surface area contributed by atoms with Gasteiger partial charge in [-0.2, -0.15) is 0 Å². The quantitative estimate of drug-likeness (QED) is 0.170. The highest BCUT2D eigenvalue weighted by Crippen LogP contribution is 2.46. The van der Waals surface area contributed by atoms with E-state index in [1.807, 2.05) is 24.3 Å². The van der Waals surface area contributed by atoms with Crippen molar-refractivity contribution in [3.63, 3.8) is 0 Å². The summed E-state index contributed by atoms with van der Waals surface area (Å²) in [6.07, 6.45) is 0. The molecule has 0 amide bonds. The van der Waals surface area contributed by atoms with Crippen LogP contribution in [0.4, 0.5) is 0 Å². The van der Waals surface area contributed by atoms with Crippen molar-refractivity contribution in [1.82, 2.24) is 0 Å². The van der Waals surface area contributed by atoms with Crippen LogP contribution in [0.25, 0.3) is 132 Å². The molecular weight excluding hydrogens is 697 g/mol. The Morgan fingerprint density at radius 3 is 1.46 bits per heavy atom. The van der Waals surface area contributed by atoms with Gasteiger partial charge in [0.1, 0.15) is 33.5 Å². The van der Waals surface area contributed by atoms with E-state index in [4.69, 9.17) is 13.3 Å². The highest BCUT2D eigenvalue weighted by Gasteiger charge is 2.20. The average Bonchev–Trinajstić information content (AvgIpc) is 3.96. The van der Waals surface area contributed by atoms with Gasteiger partial charge in [-0.05, 0) is 115 Å². The van der Waals surface area contributed by atoms with Gasteiger partial charge in [0.2, 0.25) is 0 Å². The van der Waals surface area contributed by atoms with Crippen LogP contribution in [0.5, 0.6) is 0 Å². The Hall–Kier alpha value is -7.62. The molecule has 10 aromatic carbocycles. The fraction of sp³-hybridized carbons (Fsp3) is 0. The van der Waals surface area contributed by atoms with Crippen molar-refractivity contribution in [3.8, 4) is 33.4 Å². The maximum atomic E-state index is 6.55. The number of rotatable bonds is 3. The molecule has 0 aliphatic rings. The average molecular weight is 727 g/mol. The van der Waals surface area contributed by atoms with Gasteiger partial charge in [-0.25, -0.2) is 0 Å². The lowest BCUT2D eigenvalue weighted by Crippen LogP contribution is -1.91. The molecule has 3 nitrogen and oxygen atoms in total. The van der Waals surface area contributed by atoms with Crippen LogP contribution >= 0.6 is 0 Å². The zero-order valence-electron chi connectivity index (χ0n) is 30.5. The van der Waals surface area contributed by atoms with Crippen molar-refractivity contribution < 1.29 is 13.3 Å². The molecule has 57 heavy (non-hydrogen) atoms. The Bertz CT molecular complexity index is 3740. The van der Waals surface area contributed by atoms with Gasteiger partial charge in [-0.1, -0.05) is 127 Å².